The summed E-state index contributed by atoms with van der Waals surface area (Å²) in [6.07, 6.45) is 3.06. The van der Waals surface area contributed by atoms with Crippen LogP contribution >= 0.6 is 0 Å². The Bertz CT molecular complexity index is 1530. The number of aromatic hydroxyl groups is 1. The highest BCUT2D eigenvalue weighted by molar-refractivity contribution is 6.12. The second kappa shape index (κ2) is 8.68. The molecule has 2 aromatic heterocycles. The second-order valence-corrected chi connectivity index (χ2v) is 7.66. The number of aryl methyl sites for hydroxylation is 1. The van der Waals surface area contributed by atoms with Crippen LogP contribution in [0.1, 0.15) is 15.9 Å². The zero-order chi connectivity index (χ0) is 23.7. The maximum absolute atomic E-state index is 13.2. The molecule has 0 saturated heterocycles. The molecule has 0 saturated carbocycles. The number of hydrazine groups is 1. The Labute approximate surface area is 194 Å². The first-order chi connectivity index (χ1) is 16.6. The van der Waals surface area contributed by atoms with Gasteiger partial charge in [0.2, 0.25) is 0 Å². The fourth-order valence-corrected chi connectivity index (χ4v) is 3.86. The number of rotatable bonds is 6. The number of hydrogen-bond donors (Lipinski definition) is 5. The number of hydrogen-bond acceptors (Lipinski definition) is 8. The van der Waals surface area contributed by atoms with E-state index in [0.29, 0.717) is 28.2 Å². The average Bonchev–Trinajstić information content (AvgIpc) is 3.25. The summed E-state index contributed by atoms with van der Waals surface area (Å²) in [6.45, 7) is 0.276. The molecular weight excluding hydrogens is 432 g/mol. The van der Waals surface area contributed by atoms with Crippen molar-refractivity contribution in [3.05, 3.63) is 78.2 Å². The lowest BCUT2D eigenvalue weighted by molar-refractivity contribution is 0.102. The van der Waals surface area contributed by atoms with Crippen molar-refractivity contribution in [2.75, 3.05) is 16.2 Å². The maximum Gasteiger partial charge on any atom is 0.259 e. The quantitative estimate of drug-likeness (QED) is 0.194. The van der Waals surface area contributed by atoms with Gasteiger partial charge in [-0.05, 0) is 23.1 Å². The van der Waals surface area contributed by atoms with Crippen LogP contribution in [0, 0.1) is 0 Å². The lowest BCUT2D eigenvalue weighted by atomic mass is 10.0. The number of carbonyl (C=O) groups is 1. The molecule has 0 aliphatic heterocycles. The Hall–Kier alpha value is -4.70. The number of phenols is 1. The summed E-state index contributed by atoms with van der Waals surface area (Å²) in [5.74, 6) is -0.187. The molecule has 0 aliphatic rings. The molecule has 1 amide bonds. The van der Waals surface area contributed by atoms with Crippen molar-refractivity contribution < 1.29 is 9.90 Å². The molecule has 2 heterocycles. The molecule has 3 aromatic carbocycles. The zero-order valence-electron chi connectivity index (χ0n) is 18.3. The molecule has 5 aromatic rings. The SMILES string of the molecule is Cn1ncc2ncnc(NNc3c(O)c(C(=O)Nc4ccccc4CN)cc4ccccc34)c21. The monoisotopic (exact) mass is 454 g/mol. The van der Waals surface area contributed by atoms with Gasteiger partial charge in [-0.25, -0.2) is 9.97 Å². The first-order valence-electron chi connectivity index (χ1n) is 10.6. The van der Waals surface area contributed by atoms with Gasteiger partial charge in [-0.15, -0.1) is 0 Å². The highest BCUT2D eigenvalue weighted by Crippen LogP contribution is 2.37. The summed E-state index contributed by atoms with van der Waals surface area (Å²) in [4.78, 5) is 21.6. The van der Waals surface area contributed by atoms with Gasteiger partial charge in [-0.2, -0.15) is 5.10 Å². The van der Waals surface area contributed by atoms with Gasteiger partial charge in [0.1, 0.15) is 23.0 Å². The number of nitrogens with one attached hydrogen (secondary N) is 3. The number of anilines is 3. The first-order valence-corrected chi connectivity index (χ1v) is 10.6. The molecule has 0 radical (unpaired) electrons. The summed E-state index contributed by atoms with van der Waals surface area (Å²) >= 11 is 0. The lowest BCUT2D eigenvalue weighted by Gasteiger charge is -2.17. The van der Waals surface area contributed by atoms with E-state index in [2.05, 4.69) is 31.2 Å². The first kappa shape index (κ1) is 21.2. The van der Waals surface area contributed by atoms with Crippen LogP contribution in [0.25, 0.3) is 21.8 Å². The molecule has 0 fully saturated rings. The fraction of sp³-hybridized carbons (Fsp3) is 0.0833. The second-order valence-electron chi connectivity index (χ2n) is 7.66. The highest BCUT2D eigenvalue weighted by Gasteiger charge is 2.19. The lowest BCUT2D eigenvalue weighted by Crippen LogP contribution is -2.16. The predicted molar refractivity (Wildman–Crippen MR) is 131 cm³/mol. The number of phenolic OH excluding ortho intramolecular Hbond substituents is 1. The van der Waals surface area contributed by atoms with Crippen LogP contribution < -0.4 is 21.9 Å². The van der Waals surface area contributed by atoms with E-state index in [1.54, 1.807) is 30.1 Å². The Balaban J connectivity index is 1.53. The summed E-state index contributed by atoms with van der Waals surface area (Å²) in [6, 6.07) is 16.4. The van der Waals surface area contributed by atoms with E-state index in [1.807, 2.05) is 42.5 Å². The number of amides is 1. The van der Waals surface area contributed by atoms with E-state index in [9.17, 15) is 9.90 Å². The van der Waals surface area contributed by atoms with Crippen LogP contribution in [0.4, 0.5) is 17.2 Å². The van der Waals surface area contributed by atoms with Gasteiger partial charge in [0, 0.05) is 24.7 Å². The van der Waals surface area contributed by atoms with E-state index < -0.39 is 5.91 Å². The van der Waals surface area contributed by atoms with Crippen LogP contribution in [-0.4, -0.2) is 30.8 Å². The van der Waals surface area contributed by atoms with E-state index in [4.69, 9.17) is 5.73 Å². The number of nitrogens with zero attached hydrogens (tertiary/aromatic N) is 4. The van der Waals surface area contributed by atoms with Crippen molar-refractivity contribution in [1.82, 2.24) is 19.7 Å². The minimum absolute atomic E-state index is 0.114. The summed E-state index contributed by atoms with van der Waals surface area (Å²) < 4.78 is 1.65. The van der Waals surface area contributed by atoms with Gasteiger partial charge >= 0.3 is 0 Å². The average molecular weight is 454 g/mol. The van der Waals surface area contributed by atoms with Gasteiger partial charge in [-0.1, -0.05) is 42.5 Å². The molecule has 34 heavy (non-hydrogen) atoms. The third kappa shape index (κ3) is 3.71. The number of benzene rings is 3. The largest absolute Gasteiger partial charge is 0.505 e. The molecule has 6 N–H and O–H groups in total. The van der Waals surface area contributed by atoms with E-state index in [0.717, 1.165) is 16.3 Å². The van der Waals surface area contributed by atoms with E-state index in [-0.39, 0.29) is 17.9 Å². The maximum atomic E-state index is 13.2. The van der Waals surface area contributed by atoms with E-state index >= 15 is 0 Å². The Morgan fingerprint density at radius 3 is 2.74 bits per heavy atom. The smallest absolute Gasteiger partial charge is 0.259 e. The highest BCUT2D eigenvalue weighted by atomic mass is 16.3. The van der Waals surface area contributed by atoms with Gasteiger partial charge in [0.15, 0.2) is 11.6 Å². The van der Waals surface area contributed by atoms with Gasteiger partial charge in [0.25, 0.3) is 5.91 Å². The Morgan fingerprint density at radius 1 is 1.09 bits per heavy atom. The van der Waals surface area contributed by atoms with Crippen molar-refractivity contribution in [3.8, 4) is 5.75 Å². The molecule has 5 rings (SSSR count). The van der Waals surface area contributed by atoms with Gasteiger partial charge < -0.3 is 16.2 Å². The van der Waals surface area contributed by atoms with Crippen LogP contribution in [0.3, 0.4) is 0 Å². The number of para-hydroxylation sites is 1. The normalized spacial score (nSPS) is 11.0. The van der Waals surface area contributed by atoms with Crippen LogP contribution in [0.5, 0.6) is 5.75 Å². The Kier molecular flexibility index (Phi) is 5.40. The predicted octanol–water partition coefficient (Wildman–Crippen LogP) is 3.37. The molecule has 0 aliphatic carbocycles. The summed E-state index contributed by atoms with van der Waals surface area (Å²) in [5.41, 5.74) is 15.0. The minimum atomic E-state index is -0.455. The Morgan fingerprint density at radius 2 is 1.88 bits per heavy atom. The number of fused-ring (bicyclic) bond motifs is 2. The molecular formula is C24H22N8O2. The number of carbonyl (C=O) groups excluding carboxylic acids is 1. The fourth-order valence-electron chi connectivity index (χ4n) is 3.86. The van der Waals surface area contributed by atoms with Gasteiger partial charge in [-0.3, -0.25) is 20.3 Å². The topological polar surface area (TPSA) is 143 Å². The molecule has 10 heteroatoms. The van der Waals surface area contributed by atoms with Gasteiger partial charge in [0.05, 0.1) is 11.8 Å². The molecule has 170 valence electrons. The van der Waals surface area contributed by atoms with Crippen molar-refractivity contribution in [2.45, 2.75) is 6.54 Å². The molecule has 0 spiro atoms. The molecule has 10 nitrogen and oxygen atoms in total. The zero-order valence-corrected chi connectivity index (χ0v) is 18.3. The van der Waals surface area contributed by atoms with Crippen LogP contribution in [0.2, 0.25) is 0 Å². The third-order valence-electron chi connectivity index (χ3n) is 5.59. The number of nitrogens with two attached hydrogens (primary N) is 1. The summed E-state index contributed by atoms with van der Waals surface area (Å²) in [7, 11) is 1.79. The third-order valence-corrected chi connectivity index (χ3v) is 5.59. The summed E-state index contributed by atoms with van der Waals surface area (Å²) in [5, 5.41) is 19.7. The minimum Gasteiger partial charge on any atom is -0.505 e. The van der Waals surface area contributed by atoms with Crippen molar-refractivity contribution in [3.63, 3.8) is 0 Å². The standard InChI is InChI=1S/C24H22N8O2/c1-32-21-19(12-28-32)26-13-27-23(21)31-30-20-16-8-4-2-6-14(16)10-17(22(20)33)24(34)29-18-9-5-3-7-15(18)11-25/h2-10,12-13,30,33H,11,25H2,1H3,(H,29,34)(H,26,27,31). The number of aromatic nitrogens is 4. The molecule has 0 atom stereocenters. The molecule has 0 unspecified atom stereocenters. The van der Waals surface area contributed by atoms with Crippen LogP contribution in [-0.2, 0) is 13.6 Å². The molecule has 0 bridgehead atoms. The van der Waals surface area contributed by atoms with Crippen molar-refractivity contribution in [2.24, 2.45) is 12.8 Å². The van der Waals surface area contributed by atoms with E-state index in [1.165, 1.54) is 6.33 Å². The van der Waals surface area contributed by atoms with Crippen molar-refractivity contribution >= 4 is 44.9 Å². The van der Waals surface area contributed by atoms with Crippen molar-refractivity contribution in [1.29, 1.82) is 0 Å². The van der Waals surface area contributed by atoms with Crippen LogP contribution in [0.15, 0.2) is 67.1 Å².